The van der Waals surface area contributed by atoms with Crippen LogP contribution in [0.3, 0.4) is 0 Å². The van der Waals surface area contributed by atoms with Crippen molar-refractivity contribution in [2.45, 2.75) is 12.5 Å². The number of benzene rings is 2. The molecule has 0 unspecified atom stereocenters. The number of ketones is 1. The molecule has 7 heteroatoms. The Morgan fingerprint density at radius 3 is 2.50 bits per heavy atom. The molecule has 1 aliphatic heterocycles. The molecule has 0 saturated carbocycles. The molecule has 1 heterocycles. The Morgan fingerprint density at radius 1 is 1.12 bits per heavy atom. The molecule has 0 bridgehead atoms. The fourth-order valence-corrected chi connectivity index (χ4v) is 2.76. The molecular formula is C17H16O7. The molecule has 2 aromatic rings. The van der Waals surface area contributed by atoms with Crippen LogP contribution >= 0.6 is 0 Å². The molecule has 2 aromatic carbocycles. The molecule has 1 atom stereocenters. The van der Waals surface area contributed by atoms with Gasteiger partial charge in [-0.05, 0) is 12.1 Å². The van der Waals surface area contributed by atoms with Crippen molar-refractivity contribution in [2.24, 2.45) is 0 Å². The molecule has 0 radical (unpaired) electrons. The SMILES string of the molecule is COc1cc2c(c(O)c1OC)C(=O)C[C@H](c1ccc(O)cc1O)O2. The quantitative estimate of drug-likeness (QED) is 0.793. The predicted molar refractivity (Wildman–Crippen MR) is 83.3 cm³/mol. The Kier molecular flexibility index (Phi) is 3.84. The van der Waals surface area contributed by atoms with E-state index in [-0.39, 0.29) is 52.3 Å². The number of phenols is 3. The van der Waals surface area contributed by atoms with E-state index in [1.54, 1.807) is 0 Å². The van der Waals surface area contributed by atoms with E-state index in [1.807, 2.05) is 0 Å². The number of carbonyl (C=O) groups is 1. The summed E-state index contributed by atoms with van der Waals surface area (Å²) < 4.78 is 16.0. The number of hydrogen-bond acceptors (Lipinski definition) is 7. The van der Waals surface area contributed by atoms with Gasteiger partial charge in [0, 0.05) is 17.7 Å². The van der Waals surface area contributed by atoms with E-state index >= 15 is 0 Å². The summed E-state index contributed by atoms with van der Waals surface area (Å²) in [5.41, 5.74) is 0.378. The summed E-state index contributed by atoms with van der Waals surface area (Å²) in [4.78, 5) is 12.5. The maximum absolute atomic E-state index is 12.5. The Labute approximate surface area is 137 Å². The number of ether oxygens (including phenoxy) is 3. The number of hydrogen-bond donors (Lipinski definition) is 3. The fraction of sp³-hybridized carbons (Fsp3) is 0.235. The third-order valence-electron chi connectivity index (χ3n) is 3.89. The highest BCUT2D eigenvalue weighted by atomic mass is 16.5. The van der Waals surface area contributed by atoms with Crippen LogP contribution in [0.25, 0.3) is 0 Å². The summed E-state index contributed by atoms with van der Waals surface area (Å²) in [6.07, 6.45) is -0.822. The zero-order chi connectivity index (χ0) is 17.4. The minimum atomic E-state index is -0.747. The van der Waals surface area contributed by atoms with Crippen molar-refractivity contribution in [2.75, 3.05) is 14.2 Å². The second-order valence-corrected chi connectivity index (χ2v) is 5.31. The van der Waals surface area contributed by atoms with Gasteiger partial charge in [-0.3, -0.25) is 4.79 Å². The van der Waals surface area contributed by atoms with E-state index in [0.29, 0.717) is 5.56 Å². The van der Waals surface area contributed by atoms with E-state index in [0.717, 1.165) is 0 Å². The lowest BCUT2D eigenvalue weighted by Gasteiger charge is -2.27. The summed E-state index contributed by atoms with van der Waals surface area (Å²) in [6, 6.07) is 5.50. The van der Waals surface area contributed by atoms with Gasteiger partial charge in [-0.15, -0.1) is 0 Å². The Hall–Kier alpha value is -3.09. The molecule has 7 nitrogen and oxygen atoms in total. The van der Waals surface area contributed by atoms with Crippen LogP contribution in [0.1, 0.15) is 28.4 Å². The monoisotopic (exact) mass is 332 g/mol. The average molecular weight is 332 g/mol. The Bertz CT molecular complexity index is 813. The number of carbonyl (C=O) groups excluding carboxylic acids is 1. The molecule has 1 aliphatic rings. The maximum Gasteiger partial charge on any atom is 0.204 e. The topological polar surface area (TPSA) is 105 Å². The van der Waals surface area contributed by atoms with Gasteiger partial charge in [0.25, 0.3) is 0 Å². The van der Waals surface area contributed by atoms with Gasteiger partial charge in [0.2, 0.25) is 5.75 Å². The van der Waals surface area contributed by atoms with E-state index in [1.165, 1.54) is 38.5 Å². The van der Waals surface area contributed by atoms with Crippen molar-refractivity contribution in [1.82, 2.24) is 0 Å². The molecule has 3 N–H and O–H groups in total. The molecule has 0 saturated heterocycles. The van der Waals surface area contributed by atoms with Crippen LogP contribution < -0.4 is 14.2 Å². The van der Waals surface area contributed by atoms with Gasteiger partial charge in [-0.1, -0.05) is 0 Å². The van der Waals surface area contributed by atoms with Crippen molar-refractivity contribution < 1.29 is 34.3 Å². The van der Waals surface area contributed by atoms with Crippen LogP contribution in [-0.2, 0) is 0 Å². The fourth-order valence-electron chi connectivity index (χ4n) is 2.76. The molecule has 0 spiro atoms. The van der Waals surface area contributed by atoms with E-state index in [4.69, 9.17) is 14.2 Å². The number of Topliss-reactive ketones (excluding diaryl/α,β-unsaturated/α-hetero) is 1. The molecule has 0 aliphatic carbocycles. The van der Waals surface area contributed by atoms with Crippen molar-refractivity contribution >= 4 is 5.78 Å². The molecule has 0 amide bonds. The first-order chi connectivity index (χ1) is 11.5. The normalized spacial score (nSPS) is 16.2. The summed E-state index contributed by atoms with van der Waals surface area (Å²) in [6.45, 7) is 0. The standard InChI is InChI=1S/C17H16O7/c1-22-14-7-13-15(16(21)17(14)23-2)11(20)6-12(24-13)9-4-3-8(18)5-10(9)19/h3-5,7,12,18-19,21H,6H2,1-2H3/t12-/m1/s1. The first-order valence-electron chi connectivity index (χ1n) is 7.16. The van der Waals surface area contributed by atoms with Gasteiger partial charge in [0.1, 0.15) is 28.9 Å². The lowest BCUT2D eigenvalue weighted by molar-refractivity contribution is 0.0840. The number of methoxy groups -OCH3 is 2. The Balaban J connectivity index is 2.07. The lowest BCUT2D eigenvalue weighted by atomic mass is 9.94. The van der Waals surface area contributed by atoms with E-state index < -0.39 is 6.10 Å². The van der Waals surface area contributed by atoms with Crippen LogP contribution in [0, 0.1) is 0 Å². The summed E-state index contributed by atoms with van der Waals surface area (Å²) >= 11 is 0. The van der Waals surface area contributed by atoms with Gasteiger partial charge < -0.3 is 29.5 Å². The first-order valence-corrected chi connectivity index (χ1v) is 7.16. The van der Waals surface area contributed by atoms with Gasteiger partial charge in [-0.25, -0.2) is 0 Å². The highest BCUT2D eigenvalue weighted by molar-refractivity contribution is 6.03. The highest BCUT2D eigenvalue weighted by Crippen LogP contribution is 2.49. The van der Waals surface area contributed by atoms with E-state index in [2.05, 4.69) is 0 Å². The van der Waals surface area contributed by atoms with E-state index in [9.17, 15) is 20.1 Å². The van der Waals surface area contributed by atoms with Crippen LogP contribution in [0.4, 0.5) is 0 Å². The van der Waals surface area contributed by atoms with Crippen LogP contribution in [0.5, 0.6) is 34.5 Å². The minimum absolute atomic E-state index is 0.0159. The van der Waals surface area contributed by atoms with Gasteiger partial charge in [-0.2, -0.15) is 0 Å². The molecule has 0 aromatic heterocycles. The van der Waals surface area contributed by atoms with Crippen molar-refractivity contribution in [3.05, 3.63) is 35.4 Å². The summed E-state index contributed by atoms with van der Waals surface area (Å²) in [7, 11) is 2.76. The van der Waals surface area contributed by atoms with Gasteiger partial charge in [0.15, 0.2) is 17.3 Å². The molecular weight excluding hydrogens is 316 g/mol. The van der Waals surface area contributed by atoms with Crippen LogP contribution in [0.2, 0.25) is 0 Å². The molecule has 24 heavy (non-hydrogen) atoms. The Morgan fingerprint density at radius 2 is 1.88 bits per heavy atom. The predicted octanol–water partition coefficient (Wildman–Crippen LogP) is 2.53. The average Bonchev–Trinajstić information content (AvgIpc) is 2.53. The number of aromatic hydroxyl groups is 3. The molecule has 3 rings (SSSR count). The zero-order valence-electron chi connectivity index (χ0n) is 13.1. The smallest absolute Gasteiger partial charge is 0.204 e. The molecule has 126 valence electrons. The second-order valence-electron chi connectivity index (χ2n) is 5.31. The largest absolute Gasteiger partial charge is 0.508 e. The van der Waals surface area contributed by atoms with Crippen molar-refractivity contribution in [1.29, 1.82) is 0 Å². The molecule has 0 fully saturated rings. The third-order valence-corrected chi connectivity index (χ3v) is 3.89. The summed E-state index contributed by atoms with van der Waals surface area (Å²) in [5, 5.41) is 29.6. The number of rotatable bonds is 3. The highest BCUT2D eigenvalue weighted by Gasteiger charge is 2.34. The maximum atomic E-state index is 12.5. The summed E-state index contributed by atoms with van der Waals surface area (Å²) in [5.74, 6) is -0.559. The van der Waals surface area contributed by atoms with Crippen molar-refractivity contribution in [3.8, 4) is 34.5 Å². The number of phenolic OH excluding ortho intramolecular Hbond substituents is 3. The van der Waals surface area contributed by atoms with Gasteiger partial charge >= 0.3 is 0 Å². The first kappa shape index (κ1) is 15.8. The second kappa shape index (κ2) is 5.84. The van der Waals surface area contributed by atoms with Gasteiger partial charge in [0.05, 0.1) is 20.6 Å². The van der Waals surface area contributed by atoms with Crippen molar-refractivity contribution in [3.63, 3.8) is 0 Å². The van der Waals surface area contributed by atoms with Crippen LogP contribution in [0.15, 0.2) is 24.3 Å². The zero-order valence-corrected chi connectivity index (χ0v) is 13.1. The number of fused-ring (bicyclic) bond motifs is 1. The minimum Gasteiger partial charge on any atom is -0.508 e. The van der Waals surface area contributed by atoms with Crippen LogP contribution in [-0.4, -0.2) is 35.3 Å². The third kappa shape index (κ3) is 2.44. The lowest BCUT2D eigenvalue weighted by Crippen LogP contribution is -2.21.